The highest BCUT2D eigenvalue weighted by Gasteiger charge is 2.21. The Morgan fingerprint density at radius 2 is 2.18 bits per heavy atom. The Bertz CT molecular complexity index is 704. The summed E-state index contributed by atoms with van der Waals surface area (Å²) >= 11 is 0. The number of anilines is 1. The van der Waals surface area contributed by atoms with Crippen molar-refractivity contribution in [3.63, 3.8) is 0 Å². The van der Waals surface area contributed by atoms with Gasteiger partial charge in [0.05, 0.1) is 24.0 Å². The zero-order chi connectivity index (χ0) is 15.5. The number of aryl methyl sites for hydroxylation is 1. The van der Waals surface area contributed by atoms with Crippen molar-refractivity contribution in [2.75, 3.05) is 11.4 Å². The third-order valence-corrected chi connectivity index (χ3v) is 3.85. The second-order valence-electron chi connectivity index (χ2n) is 5.32. The van der Waals surface area contributed by atoms with Crippen LogP contribution in [0.2, 0.25) is 0 Å². The summed E-state index contributed by atoms with van der Waals surface area (Å²) in [6, 6.07) is 4.03. The molecule has 0 saturated heterocycles. The molecule has 0 fully saturated rings. The number of aromatic nitrogens is 4. The van der Waals surface area contributed by atoms with E-state index in [1.807, 2.05) is 22.6 Å². The predicted octanol–water partition coefficient (Wildman–Crippen LogP) is 1.40. The lowest BCUT2D eigenvalue weighted by Gasteiger charge is -2.21. The van der Waals surface area contributed by atoms with E-state index in [1.165, 1.54) is 6.20 Å². The maximum atomic E-state index is 9.96. The monoisotopic (exact) mass is 298 g/mol. The topological polar surface area (TPSA) is 90.9 Å². The Hall–Kier alpha value is -2.46. The third kappa shape index (κ3) is 2.65. The highest BCUT2D eigenvalue weighted by atomic mass is 16.3. The summed E-state index contributed by atoms with van der Waals surface area (Å²) in [5.41, 5.74) is 2.07. The Kier molecular flexibility index (Phi) is 4.02. The van der Waals surface area contributed by atoms with E-state index in [1.54, 1.807) is 6.20 Å². The first-order valence-corrected chi connectivity index (χ1v) is 7.43. The minimum Gasteiger partial charge on any atom is -0.387 e. The summed E-state index contributed by atoms with van der Waals surface area (Å²) in [5.74, 6) is 0.609. The van der Waals surface area contributed by atoms with Crippen LogP contribution >= 0.6 is 0 Å². The molecule has 7 nitrogen and oxygen atoms in total. The van der Waals surface area contributed by atoms with Crippen molar-refractivity contribution in [3.8, 4) is 6.07 Å². The molecular weight excluding hydrogens is 280 g/mol. The Balaban J connectivity index is 1.91. The van der Waals surface area contributed by atoms with Gasteiger partial charge in [-0.2, -0.15) is 10.4 Å². The molecular formula is C15H18N6O. The fourth-order valence-electron chi connectivity index (χ4n) is 2.68. The molecule has 114 valence electrons. The van der Waals surface area contributed by atoms with Crippen LogP contribution in [0.15, 0.2) is 18.5 Å². The van der Waals surface area contributed by atoms with Gasteiger partial charge in [-0.05, 0) is 18.9 Å². The second kappa shape index (κ2) is 6.12. The number of rotatable bonds is 3. The molecule has 0 aliphatic carbocycles. The number of nitrogens with zero attached hydrogens (tertiary/aromatic N) is 6. The normalized spacial score (nSPS) is 15.8. The predicted molar refractivity (Wildman–Crippen MR) is 79.9 cm³/mol. The highest BCUT2D eigenvalue weighted by Crippen LogP contribution is 2.23. The van der Waals surface area contributed by atoms with Gasteiger partial charge in [0.25, 0.3) is 0 Å². The maximum absolute atomic E-state index is 9.96. The van der Waals surface area contributed by atoms with Crippen molar-refractivity contribution in [3.05, 3.63) is 35.5 Å². The molecule has 1 atom stereocenters. The molecule has 7 heteroatoms. The summed E-state index contributed by atoms with van der Waals surface area (Å²) in [6.07, 6.45) is 4.14. The zero-order valence-electron chi connectivity index (χ0n) is 12.5. The lowest BCUT2D eigenvalue weighted by Crippen LogP contribution is -2.24. The minimum atomic E-state index is -0.529. The fourth-order valence-corrected chi connectivity index (χ4v) is 2.68. The molecule has 0 unspecified atom stereocenters. The quantitative estimate of drug-likeness (QED) is 0.921. The average Bonchev–Trinajstić information content (AvgIpc) is 2.86. The standard InChI is InChI=1S/C15H18N6O/c1-2-14(22)12-8-11-10-20(6-3-7-21(11)19-12)15-13(9-16)17-4-5-18-15/h4-5,8,14,22H,2-3,6-7,10H2,1H3/t14-/m0/s1. The number of aliphatic hydroxyl groups is 1. The van der Waals surface area contributed by atoms with E-state index in [-0.39, 0.29) is 0 Å². The van der Waals surface area contributed by atoms with Crippen LogP contribution in [-0.2, 0) is 13.1 Å². The van der Waals surface area contributed by atoms with Crippen molar-refractivity contribution >= 4 is 5.82 Å². The fraction of sp³-hybridized carbons (Fsp3) is 0.467. The van der Waals surface area contributed by atoms with Crippen LogP contribution < -0.4 is 4.90 Å². The van der Waals surface area contributed by atoms with E-state index in [9.17, 15) is 10.4 Å². The molecule has 0 amide bonds. The Morgan fingerprint density at radius 1 is 1.36 bits per heavy atom. The summed E-state index contributed by atoms with van der Waals surface area (Å²) in [6.45, 7) is 4.13. The van der Waals surface area contributed by atoms with Crippen LogP contribution in [0.25, 0.3) is 0 Å². The van der Waals surface area contributed by atoms with Crippen molar-refractivity contribution < 1.29 is 5.11 Å². The number of aliphatic hydroxyl groups excluding tert-OH is 1. The summed E-state index contributed by atoms with van der Waals surface area (Å²) in [7, 11) is 0. The average molecular weight is 298 g/mol. The molecule has 2 aromatic rings. The first-order chi connectivity index (χ1) is 10.7. The van der Waals surface area contributed by atoms with Crippen LogP contribution in [0.5, 0.6) is 0 Å². The molecule has 1 aliphatic rings. The van der Waals surface area contributed by atoms with E-state index in [2.05, 4.69) is 21.1 Å². The first-order valence-electron chi connectivity index (χ1n) is 7.43. The molecule has 0 bridgehead atoms. The molecule has 0 aromatic carbocycles. The van der Waals surface area contributed by atoms with Gasteiger partial charge < -0.3 is 10.0 Å². The molecule has 22 heavy (non-hydrogen) atoms. The van der Waals surface area contributed by atoms with Gasteiger partial charge in [-0.3, -0.25) is 4.68 Å². The van der Waals surface area contributed by atoms with Gasteiger partial charge >= 0.3 is 0 Å². The van der Waals surface area contributed by atoms with Crippen LogP contribution in [0.4, 0.5) is 5.82 Å². The first kappa shape index (κ1) is 14.5. The summed E-state index contributed by atoms with van der Waals surface area (Å²) in [4.78, 5) is 10.4. The van der Waals surface area contributed by atoms with Crippen LogP contribution in [-0.4, -0.2) is 31.4 Å². The maximum Gasteiger partial charge on any atom is 0.183 e. The van der Waals surface area contributed by atoms with Crippen molar-refractivity contribution in [1.29, 1.82) is 5.26 Å². The molecule has 1 N–H and O–H groups in total. The van der Waals surface area contributed by atoms with Gasteiger partial charge in [0.15, 0.2) is 11.5 Å². The van der Waals surface area contributed by atoms with Gasteiger partial charge in [-0.1, -0.05) is 6.92 Å². The van der Waals surface area contributed by atoms with E-state index < -0.39 is 6.10 Å². The number of hydrogen-bond donors (Lipinski definition) is 1. The Morgan fingerprint density at radius 3 is 2.95 bits per heavy atom. The smallest absolute Gasteiger partial charge is 0.183 e. The molecule has 3 heterocycles. The van der Waals surface area contributed by atoms with Crippen LogP contribution in [0.3, 0.4) is 0 Å². The van der Waals surface area contributed by atoms with Gasteiger partial charge in [0, 0.05) is 25.5 Å². The van der Waals surface area contributed by atoms with E-state index >= 15 is 0 Å². The van der Waals surface area contributed by atoms with Crippen LogP contribution in [0.1, 0.15) is 43.0 Å². The van der Waals surface area contributed by atoms with Gasteiger partial charge in [0.2, 0.25) is 0 Å². The number of nitriles is 1. The van der Waals surface area contributed by atoms with E-state index in [0.29, 0.717) is 30.2 Å². The van der Waals surface area contributed by atoms with E-state index in [0.717, 1.165) is 25.2 Å². The molecule has 3 rings (SSSR count). The van der Waals surface area contributed by atoms with Crippen molar-refractivity contribution in [1.82, 2.24) is 19.7 Å². The Labute approximate surface area is 128 Å². The van der Waals surface area contributed by atoms with Crippen molar-refractivity contribution in [2.24, 2.45) is 0 Å². The molecule has 0 spiro atoms. The SMILES string of the molecule is CC[C@H](O)c1cc2n(n1)CCCN(c1nccnc1C#N)C2. The van der Waals surface area contributed by atoms with Gasteiger partial charge in [0.1, 0.15) is 6.07 Å². The lowest BCUT2D eigenvalue weighted by molar-refractivity contribution is 0.168. The van der Waals surface area contributed by atoms with Gasteiger partial charge in [-0.25, -0.2) is 9.97 Å². The summed E-state index contributed by atoms with van der Waals surface area (Å²) < 4.78 is 1.94. The zero-order valence-corrected chi connectivity index (χ0v) is 12.5. The number of hydrogen-bond acceptors (Lipinski definition) is 6. The van der Waals surface area contributed by atoms with Crippen LogP contribution in [0, 0.1) is 11.3 Å². The summed E-state index contributed by atoms with van der Waals surface area (Å²) in [5, 5.41) is 23.6. The van der Waals surface area contributed by atoms with E-state index in [4.69, 9.17) is 0 Å². The number of fused-ring (bicyclic) bond motifs is 1. The van der Waals surface area contributed by atoms with Gasteiger partial charge in [-0.15, -0.1) is 0 Å². The third-order valence-electron chi connectivity index (χ3n) is 3.85. The molecule has 0 saturated carbocycles. The van der Waals surface area contributed by atoms with Crippen molar-refractivity contribution in [2.45, 2.75) is 39.0 Å². The lowest BCUT2D eigenvalue weighted by atomic mass is 10.2. The largest absolute Gasteiger partial charge is 0.387 e. The minimum absolute atomic E-state index is 0.337. The highest BCUT2D eigenvalue weighted by molar-refractivity contribution is 5.49. The molecule has 2 aromatic heterocycles. The molecule has 1 aliphatic heterocycles. The molecule has 0 radical (unpaired) electrons. The second-order valence-corrected chi connectivity index (χ2v) is 5.32.